The van der Waals surface area contributed by atoms with Crippen molar-refractivity contribution in [1.82, 2.24) is 4.72 Å². The van der Waals surface area contributed by atoms with Crippen LogP contribution in [0.5, 0.6) is 0 Å². The minimum absolute atomic E-state index is 0.167. The highest BCUT2D eigenvalue weighted by molar-refractivity contribution is 7.89. The molecule has 0 saturated carbocycles. The third-order valence-electron chi connectivity index (χ3n) is 1.17. The maximum absolute atomic E-state index is 11.7. The number of carbonyl (C=O) groups excluding carboxylic acids is 1. The normalized spacial score (nSPS) is 11.7. The molecule has 0 radical (unpaired) electrons. The fourth-order valence-corrected chi connectivity index (χ4v) is 1.10. The molecular weight excluding hydrogens is 220 g/mol. The quantitative estimate of drug-likeness (QED) is 0.657. The standard InChI is InChI=1S/C6H11F2NO4S/c1-2-13-5(10)3-4-9-14(11,12)6(7)8/h6,9H,2-4H2,1H3. The van der Waals surface area contributed by atoms with Crippen LogP contribution in [-0.2, 0) is 19.6 Å². The highest BCUT2D eigenvalue weighted by Crippen LogP contribution is 2.01. The lowest BCUT2D eigenvalue weighted by Crippen LogP contribution is -2.31. The molecule has 0 spiro atoms. The van der Waals surface area contributed by atoms with E-state index in [0.29, 0.717) is 0 Å². The molecule has 0 saturated heterocycles. The number of hydrogen-bond donors (Lipinski definition) is 1. The fourth-order valence-electron chi connectivity index (χ4n) is 0.592. The first-order valence-electron chi connectivity index (χ1n) is 3.82. The van der Waals surface area contributed by atoms with E-state index in [9.17, 15) is 22.0 Å². The number of esters is 1. The third-order valence-corrected chi connectivity index (χ3v) is 2.25. The van der Waals surface area contributed by atoms with E-state index < -0.39 is 21.8 Å². The zero-order valence-electron chi connectivity index (χ0n) is 7.50. The molecule has 0 aliphatic carbocycles. The molecule has 0 rings (SSSR count). The van der Waals surface area contributed by atoms with Crippen molar-refractivity contribution < 1.29 is 26.7 Å². The first-order valence-corrected chi connectivity index (χ1v) is 5.37. The summed E-state index contributed by atoms with van der Waals surface area (Å²) in [6.45, 7) is 1.37. The zero-order valence-corrected chi connectivity index (χ0v) is 8.31. The summed E-state index contributed by atoms with van der Waals surface area (Å²) < 4.78 is 50.4. The van der Waals surface area contributed by atoms with E-state index in [2.05, 4.69) is 4.74 Å². The van der Waals surface area contributed by atoms with Gasteiger partial charge >= 0.3 is 11.7 Å². The van der Waals surface area contributed by atoms with Gasteiger partial charge in [-0.25, -0.2) is 13.1 Å². The summed E-state index contributed by atoms with van der Waals surface area (Å²) in [6.07, 6.45) is -0.264. The maximum atomic E-state index is 11.7. The van der Waals surface area contributed by atoms with Crippen LogP contribution in [0.1, 0.15) is 13.3 Å². The van der Waals surface area contributed by atoms with E-state index in [1.54, 1.807) is 11.6 Å². The van der Waals surface area contributed by atoms with Crippen LogP contribution >= 0.6 is 0 Å². The lowest BCUT2D eigenvalue weighted by atomic mass is 10.4. The summed E-state index contributed by atoms with van der Waals surface area (Å²) in [4.78, 5) is 10.7. The van der Waals surface area contributed by atoms with Crippen molar-refractivity contribution >= 4 is 16.0 Å². The molecule has 14 heavy (non-hydrogen) atoms. The summed E-state index contributed by atoms with van der Waals surface area (Å²) in [5.41, 5.74) is 0. The number of sulfonamides is 1. The minimum Gasteiger partial charge on any atom is -0.466 e. The van der Waals surface area contributed by atoms with Crippen molar-refractivity contribution in [2.75, 3.05) is 13.2 Å². The van der Waals surface area contributed by atoms with Gasteiger partial charge in [0.05, 0.1) is 13.0 Å². The SMILES string of the molecule is CCOC(=O)CCNS(=O)(=O)C(F)F. The summed E-state index contributed by atoms with van der Waals surface area (Å²) in [7, 11) is -4.60. The maximum Gasteiger partial charge on any atom is 0.350 e. The van der Waals surface area contributed by atoms with Crippen molar-refractivity contribution in [2.45, 2.75) is 19.1 Å². The van der Waals surface area contributed by atoms with Gasteiger partial charge in [0.15, 0.2) is 0 Å². The van der Waals surface area contributed by atoms with E-state index in [-0.39, 0.29) is 19.6 Å². The van der Waals surface area contributed by atoms with E-state index >= 15 is 0 Å². The van der Waals surface area contributed by atoms with Gasteiger partial charge < -0.3 is 4.74 Å². The van der Waals surface area contributed by atoms with Crippen LogP contribution in [0.15, 0.2) is 0 Å². The van der Waals surface area contributed by atoms with Gasteiger partial charge in [-0.1, -0.05) is 0 Å². The van der Waals surface area contributed by atoms with Gasteiger partial charge in [0, 0.05) is 6.54 Å². The molecule has 0 atom stereocenters. The molecule has 0 aliphatic heterocycles. The smallest absolute Gasteiger partial charge is 0.350 e. The van der Waals surface area contributed by atoms with Crippen molar-refractivity contribution in [3.63, 3.8) is 0 Å². The second-order valence-corrected chi connectivity index (χ2v) is 3.99. The molecule has 0 aromatic carbocycles. The molecule has 84 valence electrons. The molecule has 5 nitrogen and oxygen atoms in total. The second-order valence-electron chi connectivity index (χ2n) is 2.26. The van der Waals surface area contributed by atoms with Crippen LogP contribution in [-0.4, -0.2) is 33.3 Å². The molecule has 0 aromatic rings. The summed E-state index contributed by atoms with van der Waals surface area (Å²) in [5, 5.41) is 0. The minimum atomic E-state index is -4.60. The molecule has 0 fully saturated rings. The summed E-state index contributed by atoms with van der Waals surface area (Å²) >= 11 is 0. The molecule has 1 N–H and O–H groups in total. The van der Waals surface area contributed by atoms with Crippen LogP contribution < -0.4 is 4.72 Å². The van der Waals surface area contributed by atoms with Crippen molar-refractivity contribution in [3.05, 3.63) is 0 Å². The lowest BCUT2D eigenvalue weighted by molar-refractivity contribution is -0.142. The number of hydrogen-bond acceptors (Lipinski definition) is 4. The Morgan fingerprint density at radius 2 is 2.07 bits per heavy atom. The van der Waals surface area contributed by atoms with Gasteiger partial charge in [0.2, 0.25) is 0 Å². The van der Waals surface area contributed by atoms with Gasteiger partial charge in [-0.2, -0.15) is 8.78 Å². The van der Waals surface area contributed by atoms with E-state index in [4.69, 9.17) is 0 Å². The average Bonchev–Trinajstić information content (AvgIpc) is 2.04. The Bertz CT molecular complexity index is 278. The van der Waals surface area contributed by atoms with Crippen LogP contribution in [0.25, 0.3) is 0 Å². The Morgan fingerprint density at radius 3 is 2.50 bits per heavy atom. The monoisotopic (exact) mass is 231 g/mol. The van der Waals surface area contributed by atoms with Crippen molar-refractivity contribution in [2.24, 2.45) is 0 Å². The van der Waals surface area contributed by atoms with E-state index in [1.165, 1.54) is 0 Å². The predicted octanol–water partition coefficient (Wildman–Crippen LogP) is 0.0816. The molecule has 8 heteroatoms. The van der Waals surface area contributed by atoms with Gasteiger partial charge in [-0.05, 0) is 6.92 Å². The number of ether oxygens (including phenoxy) is 1. The van der Waals surface area contributed by atoms with Crippen molar-refractivity contribution in [1.29, 1.82) is 0 Å². The highest BCUT2D eigenvalue weighted by Gasteiger charge is 2.23. The van der Waals surface area contributed by atoms with E-state index in [0.717, 1.165) is 0 Å². The van der Waals surface area contributed by atoms with Gasteiger partial charge in [0.25, 0.3) is 10.0 Å². The number of alkyl halides is 2. The van der Waals surface area contributed by atoms with E-state index in [1.807, 2.05) is 0 Å². The Kier molecular flexibility index (Phi) is 5.55. The fraction of sp³-hybridized carbons (Fsp3) is 0.833. The Morgan fingerprint density at radius 1 is 1.50 bits per heavy atom. The Balaban J connectivity index is 3.80. The summed E-state index contributed by atoms with van der Waals surface area (Å²) in [6, 6.07) is 0. The average molecular weight is 231 g/mol. The Hall–Kier alpha value is -0.760. The van der Waals surface area contributed by atoms with Gasteiger partial charge in [-0.15, -0.1) is 0 Å². The van der Waals surface area contributed by atoms with Crippen LogP contribution in [0, 0.1) is 0 Å². The first-order chi connectivity index (χ1) is 6.40. The molecular formula is C6H11F2NO4S. The van der Waals surface area contributed by atoms with Gasteiger partial charge in [0.1, 0.15) is 0 Å². The molecule has 0 aromatic heterocycles. The third kappa shape index (κ3) is 5.07. The Labute approximate surface area is 80.5 Å². The second kappa shape index (κ2) is 5.86. The van der Waals surface area contributed by atoms with Gasteiger partial charge in [-0.3, -0.25) is 4.79 Å². The largest absolute Gasteiger partial charge is 0.466 e. The van der Waals surface area contributed by atoms with Crippen LogP contribution in [0.2, 0.25) is 0 Å². The predicted molar refractivity (Wildman–Crippen MR) is 44.2 cm³/mol. The number of halogens is 2. The molecule has 0 bridgehead atoms. The number of carbonyl (C=O) groups is 1. The molecule has 0 aliphatic rings. The summed E-state index contributed by atoms with van der Waals surface area (Å²) in [5.74, 6) is -4.12. The molecule has 0 amide bonds. The lowest BCUT2D eigenvalue weighted by Gasteiger charge is -2.04. The molecule has 0 unspecified atom stereocenters. The molecule has 0 heterocycles. The first kappa shape index (κ1) is 13.2. The topological polar surface area (TPSA) is 72.5 Å². The number of nitrogens with one attached hydrogen (secondary N) is 1. The van der Waals surface area contributed by atoms with Crippen molar-refractivity contribution in [3.8, 4) is 0 Å². The zero-order chi connectivity index (χ0) is 11.2. The number of rotatable bonds is 6. The van der Waals surface area contributed by atoms with Crippen LogP contribution in [0.4, 0.5) is 8.78 Å². The van der Waals surface area contributed by atoms with Crippen LogP contribution in [0.3, 0.4) is 0 Å². The highest BCUT2D eigenvalue weighted by atomic mass is 32.2.